The van der Waals surface area contributed by atoms with Crippen LogP contribution < -0.4 is 4.57 Å². The first-order chi connectivity index (χ1) is 9.38. The van der Waals surface area contributed by atoms with Crippen molar-refractivity contribution in [2.24, 2.45) is 0 Å². The SMILES string of the molecule is C=Cc1c2ccccc2cc[n+]1Cc1ccccc1. The third kappa shape index (κ3) is 2.27. The summed E-state index contributed by atoms with van der Waals surface area (Å²) in [5, 5.41) is 2.50. The molecule has 1 nitrogen and oxygen atoms in total. The van der Waals surface area contributed by atoms with Crippen LogP contribution in [0.3, 0.4) is 0 Å². The highest BCUT2D eigenvalue weighted by Crippen LogP contribution is 2.16. The fourth-order valence-electron chi connectivity index (χ4n) is 2.43. The predicted octanol–water partition coefficient (Wildman–Crippen LogP) is 3.82. The van der Waals surface area contributed by atoms with Gasteiger partial charge in [-0.25, -0.2) is 0 Å². The lowest BCUT2D eigenvalue weighted by molar-refractivity contribution is -0.688. The summed E-state index contributed by atoms with van der Waals surface area (Å²) in [4.78, 5) is 0. The molecule has 0 saturated carbocycles. The number of aromatic nitrogens is 1. The van der Waals surface area contributed by atoms with Gasteiger partial charge in [-0.15, -0.1) is 0 Å². The van der Waals surface area contributed by atoms with Gasteiger partial charge >= 0.3 is 0 Å². The Kier molecular flexibility index (Phi) is 3.11. The van der Waals surface area contributed by atoms with Crippen LogP contribution in [0, 0.1) is 0 Å². The first-order valence-electron chi connectivity index (χ1n) is 6.46. The van der Waals surface area contributed by atoms with Crippen molar-refractivity contribution in [1.29, 1.82) is 0 Å². The fourth-order valence-corrected chi connectivity index (χ4v) is 2.43. The van der Waals surface area contributed by atoms with Crippen molar-refractivity contribution in [3.05, 3.63) is 84.7 Å². The van der Waals surface area contributed by atoms with Crippen molar-refractivity contribution in [1.82, 2.24) is 0 Å². The number of hydrogen-bond donors (Lipinski definition) is 0. The highest BCUT2D eigenvalue weighted by molar-refractivity contribution is 5.87. The summed E-state index contributed by atoms with van der Waals surface area (Å²) in [7, 11) is 0. The van der Waals surface area contributed by atoms with E-state index in [0.29, 0.717) is 0 Å². The molecule has 0 N–H and O–H groups in total. The van der Waals surface area contributed by atoms with E-state index >= 15 is 0 Å². The molecule has 0 bridgehead atoms. The summed E-state index contributed by atoms with van der Waals surface area (Å²) in [5.41, 5.74) is 2.47. The minimum Gasteiger partial charge on any atom is -0.194 e. The maximum absolute atomic E-state index is 3.96. The van der Waals surface area contributed by atoms with Crippen molar-refractivity contribution in [2.45, 2.75) is 6.54 Å². The van der Waals surface area contributed by atoms with E-state index in [9.17, 15) is 0 Å². The predicted molar refractivity (Wildman–Crippen MR) is 79.8 cm³/mol. The largest absolute Gasteiger partial charge is 0.212 e. The first kappa shape index (κ1) is 11.7. The smallest absolute Gasteiger partial charge is 0.194 e. The Labute approximate surface area is 113 Å². The molecule has 1 heteroatoms. The molecule has 0 spiro atoms. The monoisotopic (exact) mass is 246 g/mol. The maximum atomic E-state index is 3.96. The molecule has 0 unspecified atom stereocenters. The highest BCUT2D eigenvalue weighted by Gasteiger charge is 2.12. The number of rotatable bonds is 3. The van der Waals surface area contributed by atoms with Crippen molar-refractivity contribution in [3.63, 3.8) is 0 Å². The minimum absolute atomic E-state index is 0.868. The molecule has 0 fully saturated rings. The second kappa shape index (κ2) is 5.07. The lowest BCUT2D eigenvalue weighted by Crippen LogP contribution is -2.37. The topological polar surface area (TPSA) is 3.88 Å². The van der Waals surface area contributed by atoms with E-state index in [1.165, 1.54) is 22.0 Å². The standard InChI is InChI=1S/C18H16N/c1-2-18-17-11-7-6-10-16(17)12-13-19(18)14-15-8-4-3-5-9-15/h2-13H,1,14H2/q+1. The van der Waals surface area contributed by atoms with Gasteiger partial charge in [-0.05, 0) is 11.5 Å². The van der Waals surface area contributed by atoms with Gasteiger partial charge in [0.05, 0.1) is 5.39 Å². The maximum Gasteiger partial charge on any atom is 0.212 e. The zero-order chi connectivity index (χ0) is 13.1. The van der Waals surface area contributed by atoms with Gasteiger partial charge in [-0.1, -0.05) is 55.1 Å². The van der Waals surface area contributed by atoms with E-state index in [2.05, 4.69) is 71.9 Å². The molecule has 0 aliphatic rings. The molecule has 3 rings (SSSR count). The lowest BCUT2D eigenvalue weighted by atomic mass is 10.1. The highest BCUT2D eigenvalue weighted by atomic mass is 15.0. The summed E-state index contributed by atoms with van der Waals surface area (Å²) in [6.07, 6.45) is 4.07. The summed E-state index contributed by atoms with van der Waals surface area (Å²) < 4.78 is 2.24. The van der Waals surface area contributed by atoms with Crippen LogP contribution in [-0.4, -0.2) is 0 Å². The molecule has 0 radical (unpaired) electrons. The van der Waals surface area contributed by atoms with Crippen molar-refractivity contribution in [2.75, 3.05) is 0 Å². The molecule has 0 atom stereocenters. The minimum atomic E-state index is 0.868. The normalized spacial score (nSPS) is 10.5. The molecule has 0 saturated heterocycles. The quantitative estimate of drug-likeness (QED) is 0.619. The van der Waals surface area contributed by atoms with Gasteiger partial charge in [0.25, 0.3) is 0 Å². The van der Waals surface area contributed by atoms with Gasteiger partial charge in [0.1, 0.15) is 0 Å². The number of benzene rings is 2. The van der Waals surface area contributed by atoms with E-state index < -0.39 is 0 Å². The van der Waals surface area contributed by atoms with E-state index in [1.807, 2.05) is 12.1 Å². The van der Waals surface area contributed by atoms with Gasteiger partial charge < -0.3 is 0 Å². The number of hydrogen-bond acceptors (Lipinski definition) is 0. The van der Waals surface area contributed by atoms with Crippen LogP contribution in [0.5, 0.6) is 0 Å². The number of pyridine rings is 1. The van der Waals surface area contributed by atoms with Crippen LogP contribution in [0.1, 0.15) is 11.3 Å². The molecular weight excluding hydrogens is 230 g/mol. The van der Waals surface area contributed by atoms with Gasteiger partial charge in [0, 0.05) is 17.7 Å². The van der Waals surface area contributed by atoms with E-state index in [0.717, 1.165) is 6.54 Å². The van der Waals surface area contributed by atoms with Gasteiger partial charge in [0.15, 0.2) is 12.7 Å². The Balaban J connectivity index is 2.11. The number of nitrogens with zero attached hydrogens (tertiary/aromatic N) is 1. The van der Waals surface area contributed by atoms with E-state index in [-0.39, 0.29) is 0 Å². The second-order valence-electron chi connectivity index (χ2n) is 4.61. The van der Waals surface area contributed by atoms with Crippen LogP contribution in [0.15, 0.2) is 73.4 Å². The average molecular weight is 246 g/mol. The summed E-state index contributed by atoms with van der Waals surface area (Å²) in [6.45, 7) is 4.83. The van der Waals surface area contributed by atoms with Crippen LogP contribution in [0.4, 0.5) is 0 Å². The van der Waals surface area contributed by atoms with Crippen LogP contribution in [-0.2, 0) is 6.54 Å². The van der Waals surface area contributed by atoms with Crippen molar-refractivity contribution in [3.8, 4) is 0 Å². The van der Waals surface area contributed by atoms with Crippen molar-refractivity contribution < 1.29 is 4.57 Å². The molecule has 92 valence electrons. The summed E-state index contributed by atoms with van der Waals surface area (Å²) in [5.74, 6) is 0. The molecule has 3 aromatic rings. The molecule has 19 heavy (non-hydrogen) atoms. The zero-order valence-electron chi connectivity index (χ0n) is 10.8. The fraction of sp³-hybridized carbons (Fsp3) is 0.0556. The van der Waals surface area contributed by atoms with E-state index in [1.54, 1.807) is 0 Å². The van der Waals surface area contributed by atoms with Crippen LogP contribution >= 0.6 is 0 Å². The molecule has 1 heterocycles. The Morgan fingerprint density at radius 3 is 2.42 bits per heavy atom. The van der Waals surface area contributed by atoms with Crippen molar-refractivity contribution >= 4 is 16.8 Å². The Morgan fingerprint density at radius 2 is 1.63 bits per heavy atom. The third-order valence-corrected chi connectivity index (χ3v) is 3.37. The molecule has 1 aromatic heterocycles. The third-order valence-electron chi connectivity index (χ3n) is 3.37. The second-order valence-corrected chi connectivity index (χ2v) is 4.61. The lowest BCUT2D eigenvalue weighted by Gasteiger charge is -2.04. The van der Waals surface area contributed by atoms with Crippen LogP contribution in [0.2, 0.25) is 0 Å². The van der Waals surface area contributed by atoms with Gasteiger partial charge in [0.2, 0.25) is 5.69 Å². The molecule has 0 aliphatic carbocycles. The van der Waals surface area contributed by atoms with Crippen LogP contribution in [0.25, 0.3) is 16.8 Å². The molecule has 0 aliphatic heterocycles. The molecule has 0 amide bonds. The van der Waals surface area contributed by atoms with E-state index in [4.69, 9.17) is 0 Å². The Morgan fingerprint density at radius 1 is 0.895 bits per heavy atom. The average Bonchev–Trinajstić information content (AvgIpc) is 2.48. The first-order valence-corrected chi connectivity index (χ1v) is 6.46. The number of fused-ring (bicyclic) bond motifs is 1. The van der Waals surface area contributed by atoms with Gasteiger partial charge in [-0.3, -0.25) is 0 Å². The molecular formula is C18H16N+. The Hall–Kier alpha value is -2.41. The Bertz CT molecular complexity index is 714. The zero-order valence-corrected chi connectivity index (χ0v) is 10.8. The summed E-state index contributed by atoms with van der Waals surface area (Å²) >= 11 is 0. The summed E-state index contributed by atoms with van der Waals surface area (Å²) in [6, 6.07) is 21.1. The van der Waals surface area contributed by atoms with Gasteiger partial charge in [-0.2, -0.15) is 4.57 Å². The molecule has 2 aromatic carbocycles.